The van der Waals surface area contributed by atoms with E-state index in [1.54, 1.807) is 0 Å². The average molecular weight is 540 g/mol. The van der Waals surface area contributed by atoms with Gasteiger partial charge in [0, 0.05) is 32.9 Å². The molecule has 0 radical (unpaired) electrons. The summed E-state index contributed by atoms with van der Waals surface area (Å²) in [5.41, 5.74) is 9.09. The molecule has 0 aliphatic heterocycles. The van der Waals surface area contributed by atoms with Crippen LogP contribution in [0.1, 0.15) is 0 Å². The summed E-state index contributed by atoms with van der Waals surface area (Å²) in [7, 11) is 0. The molecule has 0 atom stereocenters. The Bertz CT molecular complexity index is 2410. The first-order chi connectivity index (χ1) is 20.9. The van der Waals surface area contributed by atoms with Gasteiger partial charge < -0.3 is 14.0 Å². The minimum absolute atomic E-state index is 0.797. The molecular formula is C38H25N3O. The Morgan fingerprint density at radius 1 is 0.357 bits per heavy atom. The van der Waals surface area contributed by atoms with Crippen LogP contribution in [-0.4, -0.2) is 13.9 Å². The predicted molar refractivity (Wildman–Crippen MR) is 173 cm³/mol. The Labute approximate surface area is 241 Å². The average Bonchev–Trinajstić information content (AvgIpc) is 3.68. The first-order valence-corrected chi connectivity index (χ1v) is 14.2. The topological polar surface area (TPSA) is 24.0 Å². The Kier molecular flexibility index (Phi) is 4.87. The minimum Gasteiger partial charge on any atom is -0.375 e. The number of hydrogen-bond acceptors (Lipinski definition) is 1. The van der Waals surface area contributed by atoms with Gasteiger partial charge in [0.25, 0.3) is 0 Å². The lowest BCUT2D eigenvalue weighted by molar-refractivity contribution is 0.241. The van der Waals surface area contributed by atoms with Crippen molar-refractivity contribution in [3.05, 3.63) is 152 Å². The third kappa shape index (κ3) is 3.17. The zero-order chi connectivity index (χ0) is 27.6. The van der Waals surface area contributed by atoms with Crippen LogP contribution in [0.4, 0.5) is 0 Å². The van der Waals surface area contributed by atoms with E-state index in [1.807, 2.05) is 35.1 Å². The zero-order valence-corrected chi connectivity index (χ0v) is 22.7. The molecule has 4 nitrogen and oxygen atoms in total. The number of benzene rings is 6. The van der Waals surface area contributed by atoms with Gasteiger partial charge in [0.2, 0.25) is 0 Å². The van der Waals surface area contributed by atoms with Gasteiger partial charge in [0.15, 0.2) is 5.75 Å². The molecule has 0 amide bonds. The van der Waals surface area contributed by atoms with Crippen LogP contribution < -0.4 is 4.84 Å². The minimum atomic E-state index is 0.797. The maximum atomic E-state index is 6.56. The summed E-state index contributed by atoms with van der Waals surface area (Å²) >= 11 is 0. The van der Waals surface area contributed by atoms with Crippen LogP contribution in [0.3, 0.4) is 0 Å². The van der Waals surface area contributed by atoms with E-state index in [1.165, 1.54) is 38.2 Å². The summed E-state index contributed by atoms with van der Waals surface area (Å²) in [6.07, 6.45) is 0. The highest BCUT2D eigenvalue weighted by Crippen LogP contribution is 2.45. The van der Waals surface area contributed by atoms with Crippen LogP contribution in [0.15, 0.2) is 152 Å². The zero-order valence-electron chi connectivity index (χ0n) is 22.7. The quantitative estimate of drug-likeness (QED) is 0.218. The summed E-state index contributed by atoms with van der Waals surface area (Å²) in [4.78, 5) is 6.56. The predicted octanol–water partition coefficient (Wildman–Crippen LogP) is 9.68. The summed E-state index contributed by atoms with van der Waals surface area (Å²) in [5.74, 6) is 0.797. The molecule has 0 saturated heterocycles. The first-order valence-electron chi connectivity index (χ1n) is 14.2. The second-order valence-corrected chi connectivity index (χ2v) is 10.6. The van der Waals surface area contributed by atoms with Crippen molar-refractivity contribution >= 4 is 54.6 Å². The van der Waals surface area contributed by atoms with Gasteiger partial charge in [-0.3, -0.25) is 0 Å². The molecule has 4 heteroatoms. The lowest BCUT2D eigenvalue weighted by Gasteiger charge is -2.11. The highest BCUT2D eigenvalue weighted by Gasteiger charge is 2.25. The van der Waals surface area contributed by atoms with Crippen molar-refractivity contribution in [2.75, 3.05) is 0 Å². The Morgan fingerprint density at radius 2 is 0.905 bits per heavy atom. The van der Waals surface area contributed by atoms with E-state index in [0.717, 1.165) is 33.5 Å². The normalized spacial score (nSPS) is 11.8. The summed E-state index contributed by atoms with van der Waals surface area (Å²) in [5, 5.41) is 4.74. The molecule has 9 rings (SSSR count). The van der Waals surface area contributed by atoms with E-state index in [2.05, 4.69) is 130 Å². The summed E-state index contributed by atoms with van der Waals surface area (Å²) in [6, 6.07) is 53.1. The van der Waals surface area contributed by atoms with Gasteiger partial charge in [-0.05, 0) is 60.7 Å². The molecule has 3 aromatic heterocycles. The van der Waals surface area contributed by atoms with Crippen molar-refractivity contribution in [1.29, 1.82) is 0 Å². The number of nitrogens with zero attached hydrogens (tertiary/aromatic N) is 3. The third-order valence-electron chi connectivity index (χ3n) is 8.29. The standard InChI is InChI=1S/C38H25N3O/c1-4-14-26(15-5-1)39-32-22-12-11-21-30(32)37-38(39)31-24-25-34-35(36(31)40(37)27-16-6-2-7-17-27)29-20-10-13-23-33(29)41(34)42-28-18-8-3-9-19-28/h1-25H. The number of hydrogen-bond donors (Lipinski definition) is 0. The van der Waals surface area contributed by atoms with Gasteiger partial charge in [-0.15, -0.1) is 0 Å². The van der Waals surface area contributed by atoms with Crippen molar-refractivity contribution in [2.24, 2.45) is 0 Å². The summed E-state index contributed by atoms with van der Waals surface area (Å²) in [6.45, 7) is 0. The van der Waals surface area contributed by atoms with Gasteiger partial charge in [-0.1, -0.05) is 91.0 Å². The molecule has 0 saturated carbocycles. The van der Waals surface area contributed by atoms with E-state index in [4.69, 9.17) is 4.84 Å². The maximum absolute atomic E-state index is 6.56. The van der Waals surface area contributed by atoms with Gasteiger partial charge in [-0.2, -0.15) is 4.73 Å². The van der Waals surface area contributed by atoms with Crippen LogP contribution in [0, 0.1) is 0 Å². The molecule has 6 aromatic carbocycles. The number of rotatable bonds is 4. The highest BCUT2D eigenvalue weighted by molar-refractivity contribution is 6.28. The largest absolute Gasteiger partial charge is 0.375 e. The molecule has 198 valence electrons. The monoisotopic (exact) mass is 539 g/mol. The van der Waals surface area contributed by atoms with Gasteiger partial charge >= 0.3 is 0 Å². The molecule has 0 aliphatic carbocycles. The fourth-order valence-corrected chi connectivity index (χ4v) is 6.61. The van der Waals surface area contributed by atoms with Crippen molar-refractivity contribution in [1.82, 2.24) is 13.9 Å². The number of aromatic nitrogens is 3. The molecule has 9 aromatic rings. The second-order valence-electron chi connectivity index (χ2n) is 10.6. The van der Waals surface area contributed by atoms with Crippen molar-refractivity contribution in [2.45, 2.75) is 0 Å². The smallest absolute Gasteiger partial charge is 0.155 e. The van der Waals surface area contributed by atoms with Crippen molar-refractivity contribution in [3.63, 3.8) is 0 Å². The van der Waals surface area contributed by atoms with Crippen molar-refractivity contribution < 1.29 is 4.84 Å². The fourth-order valence-electron chi connectivity index (χ4n) is 6.61. The van der Waals surface area contributed by atoms with E-state index < -0.39 is 0 Å². The second kappa shape index (κ2) is 8.88. The van der Waals surface area contributed by atoms with Gasteiger partial charge in [0.05, 0.1) is 33.1 Å². The fraction of sp³-hybridized carbons (Fsp3) is 0. The first kappa shape index (κ1) is 23.0. The molecule has 0 N–H and O–H groups in total. The molecule has 0 spiro atoms. The maximum Gasteiger partial charge on any atom is 0.155 e. The molecule has 3 heterocycles. The lowest BCUT2D eigenvalue weighted by Crippen LogP contribution is -2.04. The Balaban J connectivity index is 1.52. The molecule has 42 heavy (non-hydrogen) atoms. The van der Waals surface area contributed by atoms with Crippen LogP contribution in [0.25, 0.3) is 66.0 Å². The molecule has 0 fully saturated rings. The Hall–Kier alpha value is -5.74. The van der Waals surface area contributed by atoms with Crippen molar-refractivity contribution in [3.8, 4) is 17.1 Å². The van der Waals surface area contributed by atoms with Crippen LogP contribution in [0.5, 0.6) is 5.75 Å². The molecule has 0 aliphatic rings. The van der Waals surface area contributed by atoms with Gasteiger partial charge in [-0.25, -0.2) is 0 Å². The Morgan fingerprint density at radius 3 is 1.62 bits per heavy atom. The number of fused-ring (bicyclic) bond motifs is 9. The third-order valence-corrected chi connectivity index (χ3v) is 8.29. The molecule has 0 bridgehead atoms. The highest BCUT2D eigenvalue weighted by atomic mass is 16.7. The van der Waals surface area contributed by atoms with Crippen LogP contribution >= 0.6 is 0 Å². The van der Waals surface area contributed by atoms with E-state index >= 15 is 0 Å². The summed E-state index contributed by atoms with van der Waals surface area (Å²) < 4.78 is 6.85. The number of para-hydroxylation sites is 5. The lowest BCUT2D eigenvalue weighted by atomic mass is 10.1. The van der Waals surface area contributed by atoms with Gasteiger partial charge in [0.1, 0.15) is 0 Å². The van der Waals surface area contributed by atoms with E-state index in [0.29, 0.717) is 0 Å². The van der Waals surface area contributed by atoms with E-state index in [-0.39, 0.29) is 0 Å². The molecule has 0 unspecified atom stereocenters. The SMILES string of the molecule is c1ccc(On2c3ccccc3c3c2ccc2c4c(c5ccccc5n4-c4ccccc4)n(-c4ccccc4)c23)cc1. The van der Waals surface area contributed by atoms with E-state index in [9.17, 15) is 0 Å². The molecular weight excluding hydrogens is 514 g/mol. The van der Waals surface area contributed by atoms with Crippen LogP contribution in [0.2, 0.25) is 0 Å². The van der Waals surface area contributed by atoms with Crippen LogP contribution in [-0.2, 0) is 0 Å².